The predicted octanol–water partition coefficient (Wildman–Crippen LogP) is 5.69. The third-order valence-electron chi connectivity index (χ3n) is 4.35. The molecule has 0 bridgehead atoms. The Morgan fingerprint density at radius 3 is 1.39 bits per heavy atom. The minimum absolute atomic E-state index is 0. The van der Waals surface area contributed by atoms with Crippen LogP contribution in [0.25, 0.3) is 0 Å². The normalized spacial score (nSPS) is 10.5. The third kappa shape index (κ3) is 8.33. The largest absolute Gasteiger partial charge is 0.507 e. The summed E-state index contributed by atoms with van der Waals surface area (Å²) in [5, 5.41) is 19.1. The van der Waals surface area contributed by atoms with Crippen LogP contribution in [0.15, 0.2) is 95.2 Å². The van der Waals surface area contributed by atoms with Gasteiger partial charge in [-0.2, -0.15) is 0 Å². The van der Waals surface area contributed by atoms with Crippen molar-refractivity contribution in [2.45, 2.75) is 13.8 Å². The van der Waals surface area contributed by atoms with Crippen molar-refractivity contribution in [3.63, 3.8) is 0 Å². The molecule has 4 rings (SSSR count). The van der Waals surface area contributed by atoms with Crippen LogP contribution in [0.5, 0.6) is 11.5 Å². The molecule has 0 aliphatic carbocycles. The summed E-state index contributed by atoms with van der Waals surface area (Å²) in [5.41, 5.74) is 3.59. The summed E-state index contributed by atoms with van der Waals surface area (Å²) >= 11 is 0. The van der Waals surface area contributed by atoms with E-state index >= 15 is 0 Å². The van der Waals surface area contributed by atoms with Crippen LogP contribution in [0.2, 0.25) is 0 Å². The van der Waals surface area contributed by atoms with E-state index in [4.69, 9.17) is 0 Å². The number of hydrogen-bond donors (Lipinski definition) is 2. The fourth-order valence-electron chi connectivity index (χ4n) is 2.65. The SMILES string of the molecule is Cc1ccnc(N=Cc2ccccc2O)c1.Cc1ccnc(N=Cc2ccccc2O)c1.[Cu]. The topological polar surface area (TPSA) is 91.0 Å². The first-order valence-corrected chi connectivity index (χ1v) is 10.0. The van der Waals surface area contributed by atoms with Gasteiger partial charge in [-0.05, 0) is 73.5 Å². The Hall–Kier alpha value is -3.80. The van der Waals surface area contributed by atoms with Crippen molar-refractivity contribution in [2.24, 2.45) is 9.98 Å². The van der Waals surface area contributed by atoms with Gasteiger partial charge in [0, 0.05) is 53.0 Å². The predicted molar refractivity (Wildman–Crippen MR) is 129 cm³/mol. The van der Waals surface area contributed by atoms with Crippen LogP contribution < -0.4 is 0 Å². The number of aryl methyl sites for hydroxylation is 2. The Kier molecular flexibility index (Phi) is 9.96. The van der Waals surface area contributed by atoms with Crippen molar-refractivity contribution >= 4 is 24.1 Å². The van der Waals surface area contributed by atoms with Crippen molar-refractivity contribution in [1.82, 2.24) is 9.97 Å². The summed E-state index contributed by atoms with van der Waals surface area (Å²) in [6, 6.07) is 21.7. The van der Waals surface area contributed by atoms with E-state index in [1.807, 2.05) is 50.2 Å². The maximum atomic E-state index is 9.53. The first kappa shape index (κ1) is 25.5. The van der Waals surface area contributed by atoms with Crippen LogP contribution in [-0.2, 0) is 17.1 Å². The minimum Gasteiger partial charge on any atom is -0.507 e. The second kappa shape index (κ2) is 12.9. The van der Waals surface area contributed by atoms with E-state index in [2.05, 4.69) is 20.0 Å². The summed E-state index contributed by atoms with van der Waals surface area (Å²) in [7, 11) is 0. The van der Waals surface area contributed by atoms with Crippen molar-refractivity contribution < 1.29 is 27.3 Å². The van der Waals surface area contributed by atoms with E-state index in [-0.39, 0.29) is 28.6 Å². The second-order valence-corrected chi connectivity index (χ2v) is 7.02. The number of nitrogens with zero attached hydrogens (tertiary/aromatic N) is 4. The van der Waals surface area contributed by atoms with E-state index in [1.165, 1.54) is 0 Å². The quantitative estimate of drug-likeness (QED) is 0.286. The number of aromatic nitrogens is 2. The van der Waals surface area contributed by atoms with Crippen LogP contribution in [0.4, 0.5) is 11.6 Å². The van der Waals surface area contributed by atoms with Gasteiger partial charge in [0.1, 0.15) is 11.5 Å². The molecular formula is C26H24CuN4O2. The summed E-state index contributed by atoms with van der Waals surface area (Å²) in [5.74, 6) is 1.73. The van der Waals surface area contributed by atoms with Crippen LogP contribution in [-0.4, -0.2) is 32.6 Å². The average molecular weight is 488 g/mol. The Balaban J connectivity index is 0.000000227. The Bertz CT molecular complexity index is 1150. The molecular weight excluding hydrogens is 464 g/mol. The molecule has 2 N–H and O–H groups in total. The molecule has 0 unspecified atom stereocenters. The second-order valence-electron chi connectivity index (χ2n) is 7.02. The molecule has 1 radical (unpaired) electrons. The standard InChI is InChI=1S/2C13H12N2O.Cu/c2*1-10-6-7-14-13(8-10)15-9-11-4-2-3-5-12(11)16;/h2*2-9,16H,1H3;. The van der Waals surface area contributed by atoms with Crippen molar-refractivity contribution in [3.05, 3.63) is 107 Å². The number of hydrogen-bond acceptors (Lipinski definition) is 6. The van der Waals surface area contributed by atoms with Gasteiger partial charge in [-0.1, -0.05) is 24.3 Å². The van der Waals surface area contributed by atoms with Crippen molar-refractivity contribution in [1.29, 1.82) is 0 Å². The zero-order valence-electron chi connectivity index (χ0n) is 18.2. The molecule has 0 amide bonds. The number of aliphatic imine (C=N–C) groups is 2. The number of phenolic OH excluding ortho intramolecular Hbond substituents is 2. The van der Waals surface area contributed by atoms with Crippen LogP contribution in [0.1, 0.15) is 22.3 Å². The Morgan fingerprint density at radius 2 is 1.03 bits per heavy atom. The molecule has 2 aromatic carbocycles. The summed E-state index contributed by atoms with van der Waals surface area (Å²) in [6.07, 6.45) is 6.65. The number of para-hydroxylation sites is 2. The fraction of sp³-hybridized carbons (Fsp3) is 0.0769. The average Bonchev–Trinajstić information content (AvgIpc) is 2.79. The van der Waals surface area contributed by atoms with Gasteiger partial charge in [-0.15, -0.1) is 0 Å². The molecule has 0 saturated carbocycles. The van der Waals surface area contributed by atoms with Crippen molar-refractivity contribution in [2.75, 3.05) is 0 Å². The van der Waals surface area contributed by atoms with E-state index < -0.39 is 0 Å². The first-order valence-electron chi connectivity index (χ1n) is 10.0. The van der Waals surface area contributed by atoms with Crippen LogP contribution in [0, 0.1) is 13.8 Å². The van der Waals surface area contributed by atoms with E-state index in [0.717, 1.165) is 11.1 Å². The maximum Gasteiger partial charge on any atom is 0.151 e. The molecule has 0 saturated heterocycles. The molecule has 6 nitrogen and oxygen atoms in total. The molecule has 0 aliphatic heterocycles. The minimum atomic E-state index is 0. The fourth-order valence-corrected chi connectivity index (χ4v) is 2.65. The third-order valence-corrected chi connectivity index (χ3v) is 4.35. The van der Waals surface area contributed by atoms with Crippen LogP contribution in [0.3, 0.4) is 0 Å². The van der Waals surface area contributed by atoms with Gasteiger partial charge in [-0.25, -0.2) is 20.0 Å². The number of phenols is 2. The molecule has 7 heteroatoms. The summed E-state index contributed by atoms with van der Waals surface area (Å²) in [6.45, 7) is 3.97. The van der Waals surface area contributed by atoms with E-state index in [9.17, 15) is 10.2 Å². The molecule has 0 aliphatic rings. The number of benzene rings is 2. The molecule has 0 fully saturated rings. The molecule has 2 aromatic heterocycles. The number of aromatic hydroxyl groups is 2. The zero-order valence-corrected chi connectivity index (χ0v) is 19.2. The van der Waals surface area contributed by atoms with Crippen molar-refractivity contribution in [3.8, 4) is 11.5 Å². The molecule has 4 aromatic rings. The molecule has 2 heterocycles. The zero-order chi connectivity index (χ0) is 22.8. The van der Waals surface area contributed by atoms with Crippen LogP contribution >= 0.6 is 0 Å². The van der Waals surface area contributed by atoms with Gasteiger partial charge in [0.25, 0.3) is 0 Å². The summed E-state index contributed by atoms with van der Waals surface area (Å²) in [4.78, 5) is 16.6. The van der Waals surface area contributed by atoms with Gasteiger partial charge < -0.3 is 10.2 Å². The maximum absolute atomic E-state index is 9.53. The van der Waals surface area contributed by atoms with Gasteiger partial charge in [0.05, 0.1) is 0 Å². The van der Waals surface area contributed by atoms with Gasteiger partial charge in [0.15, 0.2) is 11.6 Å². The van der Waals surface area contributed by atoms with Gasteiger partial charge >= 0.3 is 0 Å². The Labute approximate surface area is 203 Å². The van der Waals surface area contributed by atoms with Gasteiger partial charge in [0.2, 0.25) is 0 Å². The molecule has 0 atom stereocenters. The smallest absolute Gasteiger partial charge is 0.151 e. The first-order chi connectivity index (χ1) is 15.5. The summed E-state index contributed by atoms with van der Waals surface area (Å²) < 4.78 is 0. The molecule has 0 spiro atoms. The monoisotopic (exact) mass is 487 g/mol. The van der Waals surface area contributed by atoms with Gasteiger partial charge in [-0.3, -0.25) is 0 Å². The molecule has 33 heavy (non-hydrogen) atoms. The Morgan fingerprint density at radius 1 is 0.636 bits per heavy atom. The molecule has 171 valence electrons. The van der Waals surface area contributed by atoms with E-state index in [1.54, 1.807) is 61.2 Å². The number of pyridine rings is 2. The number of rotatable bonds is 4. The van der Waals surface area contributed by atoms with E-state index in [0.29, 0.717) is 22.8 Å².